The number of hydrogen-bond donors (Lipinski definition) is 0. The Morgan fingerprint density at radius 3 is 2.44 bits per heavy atom. The van der Waals surface area contributed by atoms with Crippen LogP contribution in [0.2, 0.25) is 5.02 Å². The maximum absolute atomic E-state index is 13.8. The van der Waals surface area contributed by atoms with Crippen LogP contribution in [0, 0.1) is 11.8 Å². The van der Waals surface area contributed by atoms with Crippen LogP contribution in [-0.2, 0) is 15.8 Å². The van der Waals surface area contributed by atoms with Crippen molar-refractivity contribution in [1.82, 2.24) is 4.90 Å². The van der Waals surface area contributed by atoms with Crippen LogP contribution in [0.25, 0.3) is 6.08 Å². The highest BCUT2D eigenvalue weighted by atomic mass is 35.5. The number of carbonyl (C=O) groups is 3. The molecule has 36 heavy (non-hydrogen) atoms. The van der Waals surface area contributed by atoms with E-state index in [0.717, 1.165) is 22.1 Å². The maximum atomic E-state index is 13.8. The van der Waals surface area contributed by atoms with Crippen molar-refractivity contribution in [2.24, 2.45) is 11.8 Å². The third-order valence-corrected chi connectivity index (χ3v) is 8.22. The topological polar surface area (TPSA) is 57.7 Å². The summed E-state index contributed by atoms with van der Waals surface area (Å²) < 4.78 is 40.6. The first-order chi connectivity index (χ1) is 17.2. The molecule has 5 nitrogen and oxygen atoms in total. The van der Waals surface area contributed by atoms with Crippen molar-refractivity contribution < 1.29 is 27.6 Å². The summed E-state index contributed by atoms with van der Waals surface area (Å²) in [5.41, 5.74) is 0.278. The smallest absolute Gasteiger partial charge is 0.358 e. The van der Waals surface area contributed by atoms with Gasteiger partial charge >= 0.3 is 6.18 Å². The third-order valence-electron chi connectivity index (χ3n) is 7.01. The summed E-state index contributed by atoms with van der Waals surface area (Å²) in [5.74, 6) is -3.64. The van der Waals surface area contributed by atoms with Crippen molar-refractivity contribution in [2.45, 2.75) is 18.3 Å². The SMILES string of the molecule is O=C(c1cccs1)[C@@H]1[C@@H]2C(=O)N(c3ccc(Cl)c(C(F)(F)F)c3)C(=O)[C@@H]2[C@@H]2c3ccccc3C=CN12. The van der Waals surface area contributed by atoms with Gasteiger partial charge in [-0.15, -0.1) is 11.3 Å². The molecule has 2 saturated heterocycles. The van der Waals surface area contributed by atoms with Crippen LogP contribution in [0.4, 0.5) is 18.9 Å². The van der Waals surface area contributed by atoms with Gasteiger partial charge in [0.15, 0.2) is 5.78 Å². The van der Waals surface area contributed by atoms with E-state index < -0.39 is 52.5 Å². The second kappa shape index (κ2) is 8.04. The molecule has 0 unspecified atom stereocenters. The highest BCUT2D eigenvalue weighted by Crippen LogP contribution is 2.54. The number of benzene rings is 2. The van der Waals surface area contributed by atoms with Gasteiger partial charge in [-0.2, -0.15) is 13.2 Å². The third kappa shape index (κ3) is 3.26. The molecule has 0 N–H and O–H groups in total. The molecule has 182 valence electrons. The Labute approximate surface area is 212 Å². The van der Waals surface area contributed by atoms with Crippen LogP contribution in [0.15, 0.2) is 66.2 Å². The normalized spacial score (nSPS) is 24.7. The number of halogens is 4. The van der Waals surface area contributed by atoms with Gasteiger partial charge in [0.05, 0.1) is 39.0 Å². The van der Waals surface area contributed by atoms with Crippen LogP contribution in [0.5, 0.6) is 0 Å². The van der Waals surface area contributed by atoms with Gasteiger partial charge in [0.2, 0.25) is 11.8 Å². The number of thiophene rings is 1. The van der Waals surface area contributed by atoms with E-state index in [9.17, 15) is 27.6 Å². The molecule has 4 heterocycles. The summed E-state index contributed by atoms with van der Waals surface area (Å²) >= 11 is 6.99. The molecule has 0 saturated carbocycles. The number of Topliss-reactive ketones (excluding diaryl/α,β-unsaturated/α-hetero) is 1. The fourth-order valence-electron chi connectivity index (χ4n) is 5.55. The number of fused-ring (bicyclic) bond motifs is 5. The molecule has 0 spiro atoms. The first-order valence-corrected chi connectivity index (χ1v) is 12.3. The lowest BCUT2D eigenvalue weighted by atomic mass is 9.84. The summed E-state index contributed by atoms with van der Waals surface area (Å²) in [7, 11) is 0. The van der Waals surface area contributed by atoms with Crippen LogP contribution >= 0.6 is 22.9 Å². The van der Waals surface area contributed by atoms with Crippen LogP contribution in [0.1, 0.15) is 32.4 Å². The van der Waals surface area contributed by atoms with Gasteiger partial charge in [-0.1, -0.05) is 41.9 Å². The predicted molar refractivity (Wildman–Crippen MR) is 128 cm³/mol. The van der Waals surface area contributed by atoms with Gasteiger partial charge in [-0.05, 0) is 46.8 Å². The zero-order valence-electron chi connectivity index (χ0n) is 18.3. The van der Waals surface area contributed by atoms with E-state index in [2.05, 4.69) is 0 Å². The molecule has 3 aliphatic rings. The second-order valence-corrected chi connectivity index (χ2v) is 10.2. The Morgan fingerprint density at radius 1 is 0.972 bits per heavy atom. The largest absolute Gasteiger partial charge is 0.417 e. The average Bonchev–Trinajstić information content (AvgIpc) is 3.55. The van der Waals surface area contributed by atoms with Gasteiger partial charge in [-0.25, -0.2) is 4.90 Å². The Kier molecular flexibility index (Phi) is 5.14. The zero-order valence-corrected chi connectivity index (χ0v) is 19.8. The predicted octanol–water partition coefficient (Wildman–Crippen LogP) is 5.82. The van der Waals surface area contributed by atoms with E-state index in [1.54, 1.807) is 28.6 Å². The quantitative estimate of drug-likeness (QED) is 0.317. The fourth-order valence-corrected chi connectivity index (χ4v) is 6.47. The van der Waals surface area contributed by atoms with Gasteiger partial charge in [0.1, 0.15) is 6.04 Å². The first-order valence-electron chi connectivity index (χ1n) is 11.1. The van der Waals surface area contributed by atoms with Crippen LogP contribution in [0.3, 0.4) is 0 Å². The number of anilines is 1. The Hall–Kier alpha value is -3.43. The molecule has 2 amide bonds. The Bertz CT molecular complexity index is 1450. The zero-order chi connectivity index (χ0) is 25.4. The molecule has 3 aliphatic heterocycles. The minimum Gasteiger partial charge on any atom is -0.358 e. The van der Waals surface area contributed by atoms with Gasteiger partial charge in [0.25, 0.3) is 0 Å². The number of amides is 2. The number of carbonyl (C=O) groups excluding carboxylic acids is 3. The summed E-state index contributed by atoms with van der Waals surface area (Å²) in [5, 5.41) is 1.22. The molecular weight excluding hydrogens is 513 g/mol. The van der Waals surface area contributed by atoms with E-state index in [0.29, 0.717) is 10.9 Å². The number of rotatable bonds is 3. The van der Waals surface area contributed by atoms with E-state index >= 15 is 0 Å². The molecule has 3 aromatic rings. The van der Waals surface area contributed by atoms with E-state index in [1.807, 2.05) is 30.3 Å². The molecule has 0 radical (unpaired) electrons. The van der Waals surface area contributed by atoms with Crippen molar-refractivity contribution in [3.05, 3.63) is 92.8 Å². The molecule has 10 heteroatoms. The number of ketones is 1. The van der Waals surface area contributed by atoms with Crippen molar-refractivity contribution in [2.75, 3.05) is 4.90 Å². The molecule has 2 aromatic carbocycles. The highest BCUT2D eigenvalue weighted by Gasteiger charge is 2.64. The van der Waals surface area contributed by atoms with Crippen LogP contribution < -0.4 is 4.90 Å². The maximum Gasteiger partial charge on any atom is 0.417 e. The Balaban J connectivity index is 1.49. The van der Waals surface area contributed by atoms with Crippen LogP contribution in [-0.4, -0.2) is 28.5 Å². The Morgan fingerprint density at radius 2 is 1.72 bits per heavy atom. The minimum absolute atomic E-state index is 0.218. The molecule has 4 atom stereocenters. The molecule has 6 rings (SSSR count). The van der Waals surface area contributed by atoms with Crippen molar-refractivity contribution in [1.29, 1.82) is 0 Å². The number of alkyl halides is 3. The molecular formula is C26H16ClF3N2O3S. The highest BCUT2D eigenvalue weighted by molar-refractivity contribution is 7.12. The fraction of sp³-hybridized carbons (Fsp3) is 0.192. The van der Waals surface area contributed by atoms with E-state index in [1.165, 1.54) is 17.4 Å². The molecule has 1 aromatic heterocycles. The van der Waals surface area contributed by atoms with Gasteiger partial charge in [0, 0.05) is 6.20 Å². The monoisotopic (exact) mass is 528 g/mol. The van der Waals surface area contributed by atoms with E-state index in [-0.39, 0.29) is 11.5 Å². The van der Waals surface area contributed by atoms with Crippen molar-refractivity contribution in [3.63, 3.8) is 0 Å². The number of imide groups is 1. The number of hydrogen-bond acceptors (Lipinski definition) is 5. The summed E-state index contributed by atoms with van der Waals surface area (Å²) in [6, 6.07) is 12.1. The molecule has 2 fully saturated rings. The van der Waals surface area contributed by atoms with Crippen molar-refractivity contribution >= 4 is 52.3 Å². The lowest BCUT2D eigenvalue weighted by Gasteiger charge is -2.35. The first kappa shape index (κ1) is 23.0. The summed E-state index contributed by atoms with van der Waals surface area (Å²) in [6.07, 6.45) is -1.20. The molecule has 0 aliphatic carbocycles. The lowest BCUT2D eigenvalue weighted by Crippen LogP contribution is -2.44. The summed E-state index contributed by atoms with van der Waals surface area (Å²) in [4.78, 5) is 44.2. The molecule has 0 bridgehead atoms. The lowest BCUT2D eigenvalue weighted by molar-refractivity contribution is -0.137. The summed E-state index contributed by atoms with van der Waals surface area (Å²) in [6.45, 7) is 0. The average molecular weight is 529 g/mol. The standard InChI is InChI=1S/C26H16ClF3N2O3S/c27-17-8-7-14(12-16(17)26(28,29)30)32-24(34)19-20(25(32)35)22(23(33)18-6-3-11-36-18)31-10-9-13-4-1-2-5-15(13)21(19)31/h1-12,19-22H/t19-,20+,21-,22-/m0/s1. The number of nitrogens with zero attached hydrogens (tertiary/aromatic N) is 2. The van der Waals surface area contributed by atoms with Gasteiger partial charge < -0.3 is 4.90 Å². The van der Waals surface area contributed by atoms with E-state index in [4.69, 9.17) is 11.6 Å². The second-order valence-electron chi connectivity index (χ2n) is 8.85. The van der Waals surface area contributed by atoms with Crippen molar-refractivity contribution in [3.8, 4) is 0 Å². The minimum atomic E-state index is -4.77. The van der Waals surface area contributed by atoms with Gasteiger partial charge in [-0.3, -0.25) is 14.4 Å².